The highest BCUT2D eigenvalue weighted by molar-refractivity contribution is 9.10. The van der Waals surface area contributed by atoms with E-state index in [1.807, 2.05) is 5.38 Å². The Labute approximate surface area is 269 Å². The number of rotatable bonds is 8. The second-order valence-corrected chi connectivity index (χ2v) is 16.0. The third-order valence-corrected chi connectivity index (χ3v) is 11.9. The largest absolute Gasteiger partial charge is 0.463 e. The molecule has 2 fully saturated rings. The summed E-state index contributed by atoms with van der Waals surface area (Å²) in [5.74, 6) is -1.62. The molecule has 14 heteroatoms. The molecule has 2 aromatic rings. The van der Waals surface area contributed by atoms with E-state index in [4.69, 9.17) is 14.5 Å². The Hall–Kier alpha value is -2.68. The van der Waals surface area contributed by atoms with Gasteiger partial charge in [0.15, 0.2) is 10.8 Å². The van der Waals surface area contributed by atoms with Gasteiger partial charge in [-0.25, -0.2) is 26.9 Å². The molecule has 3 heterocycles. The van der Waals surface area contributed by atoms with Crippen LogP contribution in [0.2, 0.25) is 0 Å². The Morgan fingerprint density at radius 2 is 1.91 bits per heavy atom. The molecule has 1 aromatic heterocycles. The van der Waals surface area contributed by atoms with Crippen LogP contribution in [0.3, 0.4) is 0 Å². The van der Waals surface area contributed by atoms with Gasteiger partial charge in [0.25, 0.3) is 0 Å². The SMILES string of the molecule is CCOC(=O)C1=C(C2CCN(S(=O)(=O)[C@H]3C[C@H](C(=O)OC(C)(C)C)C3)CC2)NC(c2nccs2)=NC1c1cccc(F)c1Br. The molecule has 0 spiro atoms. The number of benzene rings is 1. The molecule has 2 aliphatic heterocycles. The van der Waals surface area contributed by atoms with E-state index in [0.717, 1.165) is 0 Å². The van der Waals surface area contributed by atoms with E-state index in [2.05, 4.69) is 26.2 Å². The summed E-state index contributed by atoms with van der Waals surface area (Å²) in [7, 11) is -3.62. The van der Waals surface area contributed by atoms with Crippen molar-refractivity contribution in [2.75, 3.05) is 19.7 Å². The van der Waals surface area contributed by atoms with Crippen LogP contribution in [0.15, 0.2) is 50.5 Å². The average Bonchev–Trinajstić information content (AvgIpc) is 3.47. The fourth-order valence-electron chi connectivity index (χ4n) is 5.72. The first-order chi connectivity index (χ1) is 20.8. The van der Waals surface area contributed by atoms with Gasteiger partial charge in [-0.15, -0.1) is 11.3 Å². The number of hydrogen-bond donors (Lipinski definition) is 1. The summed E-state index contributed by atoms with van der Waals surface area (Å²) < 4.78 is 54.2. The molecule has 1 atom stereocenters. The van der Waals surface area contributed by atoms with Gasteiger partial charge in [-0.1, -0.05) is 12.1 Å². The summed E-state index contributed by atoms with van der Waals surface area (Å²) in [6.45, 7) is 7.71. The molecule has 0 bridgehead atoms. The van der Waals surface area contributed by atoms with Gasteiger partial charge in [-0.2, -0.15) is 0 Å². The highest BCUT2D eigenvalue weighted by Crippen LogP contribution is 2.42. The number of halogens is 2. The van der Waals surface area contributed by atoms with E-state index in [1.165, 1.54) is 21.7 Å². The van der Waals surface area contributed by atoms with Crippen molar-refractivity contribution < 1.29 is 31.9 Å². The van der Waals surface area contributed by atoms with Crippen molar-refractivity contribution in [3.05, 3.63) is 61.9 Å². The number of hydrogen-bond acceptors (Lipinski definition) is 10. The lowest BCUT2D eigenvalue weighted by atomic mass is 9.85. The second-order valence-electron chi connectivity index (χ2n) is 12.1. The molecular formula is C30H36BrFN4O6S2. The Kier molecular flexibility index (Phi) is 9.64. The van der Waals surface area contributed by atoms with Crippen LogP contribution in [-0.4, -0.2) is 66.0 Å². The molecule has 1 aliphatic carbocycles. The predicted molar refractivity (Wildman–Crippen MR) is 168 cm³/mol. The van der Waals surface area contributed by atoms with E-state index in [9.17, 15) is 22.4 Å². The van der Waals surface area contributed by atoms with Crippen molar-refractivity contribution in [3.63, 3.8) is 0 Å². The van der Waals surface area contributed by atoms with Crippen LogP contribution >= 0.6 is 27.3 Å². The van der Waals surface area contributed by atoms with Crippen LogP contribution in [-0.2, 0) is 29.1 Å². The Bertz CT molecular complexity index is 1570. The average molecular weight is 712 g/mol. The third-order valence-electron chi connectivity index (χ3n) is 7.96. The number of aromatic nitrogens is 1. The molecule has 1 aromatic carbocycles. The number of carbonyl (C=O) groups excluding carboxylic acids is 2. The van der Waals surface area contributed by atoms with Gasteiger partial charge in [0.2, 0.25) is 10.0 Å². The maximum absolute atomic E-state index is 14.7. The quantitative estimate of drug-likeness (QED) is 0.375. The van der Waals surface area contributed by atoms with Crippen LogP contribution in [0, 0.1) is 17.7 Å². The van der Waals surface area contributed by atoms with Gasteiger partial charge in [-0.3, -0.25) is 9.79 Å². The van der Waals surface area contributed by atoms with Gasteiger partial charge in [0, 0.05) is 36.3 Å². The fraction of sp³-hybridized carbons (Fsp3) is 0.533. The maximum Gasteiger partial charge on any atom is 0.338 e. The number of sulfonamides is 1. The molecule has 3 aliphatic rings. The maximum atomic E-state index is 14.7. The number of nitrogens with one attached hydrogen (secondary N) is 1. The number of nitrogens with zero attached hydrogens (tertiary/aromatic N) is 3. The van der Waals surface area contributed by atoms with Crippen molar-refractivity contribution in [2.24, 2.45) is 16.8 Å². The van der Waals surface area contributed by atoms with Crippen LogP contribution in [0.25, 0.3) is 0 Å². The van der Waals surface area contributed by atoms with Crippen molar-refractivity contribution in [3.8, 4) is 0 Å². The van der Waals surface area contributed by atoms with Crippen LogP contribution in [0.4, 0.5) is 4.39 Å². The molecule has 0 radical (unpaired) electrons. The minimum Gasteiger partial charge on any atom is -0.463 e. The molecule has 44 heavy (non-hydrogen) atoms. The number of carbonyl (C=O) groups is 2. The number of ether oxygens (including phenoxy) is 2. The summed E-state index contributed by atoms with van der Waals surface area (Å²) in [4.78, 5) is 35.1. The Morgan fingerprint density at radius 1 is 1.20 bits per heavy atom. The van der Waals surface area contributed by atoms with Crippen LogP contribution in [0.5, 0.6) is 0 Å². The zero-order chi connectivity index (χ0) is 31.8. The highest BCUT2D eigenvalue weighted by Gasteiger charge is 2.47. The molecule has 1 unspecified atom stereocenters. The predicted octanol–water partition coefficient (Wildman–Crippen LogP) is 5.12. The zero-order valence-electron chi connectivity index (χ0n) is 25.0. The summed E-state index contributed by atoms with van der Waals surface area (Å²) >= 11 is 4.72. The van der Waals surface area contributed by atoms with Gasteiger partial charge < -0.3 is 14.8 Å². The van der Waals surface area contributed by atoms with Gasteiger partial charge >= 0.3 is 11.9 Å². The lowest BCUT2D eigenvalue weighted by molar-refractivity contribution is -0.162. The van der Waals surface area contributed by atoms with Gasteiger partial charge in [-0.05, 0) is 80.9 Å². The highest BCUT2D eigenvalue weighted by atomic mass is 79.9. The van der Waals surface area contributed by atoms with Crippen molar-refractivity contribution in [2.45, 2.75) is 70.3 Å². The topological polar surface area (TPSA) is 127 Å². The Morgan fingerprint density at radius 3 is 2.52 bits per heavy atom. The normalized spacial score (nSPS) is 23.4. The van der Waals surface area contributed by atoms with E-state index < -0.39 is 44.6 Å². The number of allylic oxidation sites excluding steroid dienone is 1. The number of aliphatic imine (C=N–C) groups is 1. The first kappa shape index (κ1) is 32.7. The molecule has 1 N–H and O–H groups in total. The van der Waals surface area contributed by atoms with Crippen molar-refractivity contribution in [1.29, 1.82) is 0 Å². The lowest BCUT2D eigenvalue weighted by Crippen LogP contribution is -2.50. The Balaban J connectivity index is 1.39. The van der Waals surface area contributed by atoms with Crippen LogP contribution in [0.1, 0.15) is 70.0 Å². The number of esters is 2. The van der Waals surface area contributed by atoms with Crippen molar-refractivity contribution >= 4 is 55.1 Å². The second kappa shape index (κ2) is 13.0. The number of thiazole rings is 1. The molecular weight excluding hydrogens is 675 g/mol. The van der Waals surface area contributed by atoms with Gasteiger partial charge in [0.1, 0.15) is 17.5 Å². The zero-order valence-corrected chi connectivity index (χ0v) is 28.2. The van der Waals surface area contributed by atoms with Gasteiger partial charge in [0.05, 0.1) is 27.8 Å². The molecule has 5 rings (SSSR count). The summed E-state index contributed by atoms with van der Waals surface area (Å²) in [5, 5.41) is 5.12. The summed E-state index contributed by atoms with van der Waals surface area (Å²) in [6, 6.07) is 3.72. The molecule has 10 nitrogen and oxygen atoms in total. The first-order valence-corrected chi connectivity index (χ1v) is 17.8. The summed E-state index contributed by atoms with van der Waals surface area (Å²) in [6.07, 6.45) is 3.02. The monoisotopic (exact) mass is 710 g/mol. The molecule has 0 amide bonds. The number of piperidine rings is 1. The minimum atomic E-state index is -3.62. The van der Waals surface area contributed by atoms with Crippen molar-refractivity contribution in [1.82, 2.24) is 14.6 Å². The summed E-state index contributed by atoms with van der Waals surface area (Å²) in [5.41, 5.74) is 0.682. The molecule has 1 saturated heterocycles. The van der Waals surface area contributed by atoms with E-state index >= 15 is 0 Å². The van der Waals surface area contributed by atoms with E-state index in [-0.39, 0.29) is 54.5 Å². The number of amidine groups is 1. The first-order valence-electron chi connectivity index (χ1n) is 14.6. The van der Waals surface area contributed by atoms with Crippen LogP contribution < -0.4 is 5.32 Å². The van der Waals surface area contributed by atoms with E-state index in [1.54, 1.807) is 46.0 Å². The molecule has 1 saturated carbocycles. The smallest absolute Gasteiger partial charge is 0.338 e. The minimum absolute atomic E-state index is 0.137. The molecule has 238 valence electrons. The van der Waals surface area contributed by atoms with E-state index in [0.29, 0.717) is 34.9 Å². The fourth-order valence-corrected chi connectivity index (χ4v) is 8.88. The third kappa shape index (κ3) is 6.77. The lowest BCUT2D eigenvalue weighted by Gasteiger charge is -2.40. The standard InChI is InChI=1S/C30H36BrFN4O6S2/c1-5-41-29(38)22-24(34-26(27-33-11-14-43-27)35-25(22)20-7-6-8-21(32)23(20)31)17-9-12-36(13-10-17)44(39,40)19-15-18(16-19)28(37)42-30(2,3)4/h6-8,11,14,17-19,25H,5,9-10,12-13,15-16H2,1-4H3,(H,34,35)/t18-,19-,25?.